The van der Waals surface area contributed by atoms with Crippen molar-refractivity contribution < 1.29 is 4.79 Å². The minimum absolute atomic E-state index is 0.0539. The van der Waals surface area contributed by atoms with Crippen LogP contribution >= 0.6 is 0 Å². The molecule has 1 amide bonds. The van der Waals surface area contributed by atoms with Gasteiger partial charge in [0.2, 0.25) is 0 Å². The van der Waals surface area contributed by atoms with E-state index in [0.29, 0.717) is 5.92 Å². The Morgan fingerprint density at radius 3 is 2.43 bits per heavy atom. The fourth-order valence-electron chi connectivity index (χ4n) is 2.86. The van der Waals surface area contributed by atoms with Gasteiger partial charge in [-0.3, -0.25) is 4.79 Å². The lowest BCUT2D eigenvalue weighted by Crippen LogP contribution is -2.32. The highest BCUT2D eigenvalue weighted by molar-refractivity contribution is 5.94. The van der Waals surface area contributed by atoms with Gasteiger partial charge in [0.25, 0.3) is 5.91 Å². The number of amides is 1. The smallest absolute Gasteiger partial charge is 0.251 e. The molecule has 1 aromatic rings. The van der Waals surface area contributed by atoms with Gasteiger partial charge < -0.3 is 10.2 Å². The Morgan fingerprint density at radius 1 is 1.24 bits per heavy atom. The lowest BCUT2D eigenvalue weighted by Gasteiger charge is -2.28. The van der Waals surface area contributed by atoms with Crippen molar-refractivity contribution in [1.29, 1.82) is 0 Å². The van der Waals surface area contributed by atoms with Crippen LogP contribution < -0.4 is 5.32 Å². The minimum Gasteiger partial charge on any atom is -0.352 e. The number of nitrogens with one attached hydrogen (secondary N) is 1. The minimum atomic E-state index is 0.0539. The van der Waals surface area contributed by atoms with Gasteiger partial charge in [-0.15, -0.1) is 0 Å². The summed E-state index contributed by atoms with van der Waals surface area (Å²) in [6.07, 6.45) is 3.62. The van der Waals surface area contributed by atoms with Gasteiger partial charge in [0.05, 0.1) is 0 Å². The molecule has 2 rings (SSSR count). The zero-order valence-electron chi connectivity index (χ0n) is 13.6. The molecule has 0 saturated carbocycles. The van der Waals surface area contributed by atoms with Gasteiger partial charge in [-0.1, -0.05) is 26.0 Å². The molecular formula is C18H28N2O. The van der Waals surface area contributed by atoms with Crippen LogP contribution in [0.4, 0.5) is 0 Å². The molecule has 1 N–H and O–H groups in total. The second kappa shape index (κ2) is 7.60. The Labute approximate surface area is 128 Å². The molecule has 3 heteroatoms. The number of hydrogen-bond donors (Lipinski definition) is 1. The van der Waals surface area contributed by atoms with E-state index < -0.39 is 0 Å². The van der Waals surface area contributed by atoms with Gasteiger partial charge in [0, 0.05) is 12.1 Å². The van der Waals surface area contributed by atoms with E-state index in [4.69, 9.17) is 0 Å². The molecule has 1 aliphatic rings. The first-order valence-corrected chi connectivity index (χ1v) is 8.13. The van der Waals surface area contributed by atoms with Crippen molar-refractivity contribution >= 4 is 5.91 Å². The Kier molecular flexibility index (Phi) is 5.80. The third kappa shape index (κ3) is 4.85. The topological polar surface area (TPSA) is 32.3 Å². The molecule has 1 aromatic carbocycles. The fourth-order valence-corrected chi connectivity index (χ4v) is 2.86. The summed E-state index contributed by atoms with van der Waals surface area (Å²) in [5, 5.41) is 3.05. The highest BCUT2D eigenvalue weighted by atomic mass is 16.1. The van der Waals surface area contributed by atoms with E-state index in [9.17, 15) is 4.79 Å². The molecule has 1 fully saturated rings. The van der Waals surface area contributed by atoms with Gasteiger partial charge in [0.1, 0.15) is 0 Å². The number of rotatable bonds is 5. The SMILES string of the molecule is CC(C)c1ccc(C(=O)NCCC2CCN(C)CC2)cc1. The Hall–Kier alpha value is -1.35. The standard InChI is InChI=1S/C18H28N2O/c1-14(2)16-4-6-17(7-5-16)18(21)19-11-8-15-9-12-20(3)13-10-15/h4-7,14-15H,8-13H2,1-3H3,(H,19,21). The maximum absolute atomic E-state index is 12.1. The average molecular weight is 288 g/mol. The molecule has 1 saturated heterocycles. The molecule has 21 heavy (non-hydrogen) atoms. The van der Waals surface area contributed by atoms with Gasteiger partial charge in [0.15, 0.2) is 0 Å². The molecule has 0 unspecified atom stereocenters. The van der Waals surface area contributed by atoms with E-state index in [-0.39, 0.29) is 5.91 Å². The third-order valence-electron chi connectivity index (χ3n) is 4.52. The average Bonchev–Trinajstić information content (AvgIpc) is 2.49. The molecule has 0 spiro atoms. The van der Waals surface area contributed by atoms with Crippen LogP contribution in [0.2, 0.25) is 0 Å². The van der Waals surface area contributed by atoms with Gasteiger partial charge in [-0.05, 0) is 68.9 Å². The Morgan fingerprint density at radius 2 is 1.86 bits per heavy atom. The normalized spacial score (nSPS) is 17.1. The van der Waals surface area contributed by atoms with Gasteiger partial charge in [-0.25, -0.2) is 0 Å². The molecular weight excluding hydrogens is 260 g/mol. The van der Waals surface area contributed by atoms with Crippen LogP contribution in [0.15, 0.2) is 24.3 Å². The van der Waals surface area contributed by atoms with Crippen LogP contribution in [0.3, 0.4) is 0 Å². The van der Waals surface area contributed by atoms with E-state index >= 15 is 0 Å². The zero-order chi connectivity index (χ0) is 15.2. The van der Waals surface area contributed by atoms with Gasteiger partial charge in [-0.2, -0.15) is 0 Å². The summed E-state index contributed by atoms with van der Waals surface area (Å²) < 4.78 is 0. The number of carbonyl (C=O) groups is 1. The number of piperidine rings is 1. The lowest BCUT2D eigenvalue weighted by atomic mass is 9.94. The number of nitrogens with zero attached hydrogens (tertiary/aromatic N) is 1. The largest absolute Gasteiger partial charge is 0.352 e. The Bertz CT molecular complexity index is 445. The second-order valence-electron chi connectivity index (χ2n) is 6.57. The predicted molar refractivity (Wildman–Crippen MR) is 87.7 cm³/mol. The molecule has 1 aliphatic heterocycles. The summed E-state index contributed by atoms with van der Waals surface area (Å²) in [5.74, 6) is 1.33. The van der Waals surface area contributed by atoms with Crippen LogP contribution in [-0.4, -0.2) is 37.5 Å². The number of benzene rings is 1. The van der Waals surface area contributed by atoms with E-state index in [1.807, 2.05) is 12.1 Å². The van der Waals surface area contributed by atoms with Crippen molar-refractivity contribution in [3.05, 3.63) is 35.4 Å². The molecule has 0 aromatic heterocycles. The van der Waals surface area contributed by atoms with E-state index in [2.05, 4.69) is 43.2 Å². The number of likely N-dealkylation sites (tertiary alicyclic amines) is 1. The third-order valence-corrected chi connectivity index (χ3v) is 4.52. The van der Waals surface area contributed by atoms with Crippen molar-refractivity contribution in [2.24, 2.45) is 5.92 Å². The molecule has 0 aliphatic carbocycles. The molecule has 3 nitrogen and oxygen atoms in total. The molecule has 0 radical (unpaired) electrons. The highest BCUT2D eigenvalue weighted by Crippen LogP contribution is 2.19. The van der Waals surface area contributed by atoms with E-state index in [1.165, 1.54) is 31.5 Å². The highest BCUT2D eigenvalue weighted by Gasteiger charge is 2.16. The summed E-state index contributed by atoms with van der Waals surface area (Å²) in [6.45, 7) is 7.50. The maximum atomic E-state index is 12.1. The maximum Gasteiger partial charge on any atom is 0.251 e. The van der Waals surface area contributed by atoms with Crippen molar-refractivity contribution in [2.45, 2.75) is 39.0 Å². The van der Waals surface area contributed by atoms with Crippen LogP contribution in [0.25, 0.3) is 0 Å². The first-order chi connectivity index (χ1) is 10.1. The van der Waals surface area contributed by atoms with Crippen LogP contribution in [0, 0.1) is 5.92 Å². The summed E-state index contributed by atoms with van der Waals surface area (Å²) in [6, 6.07) is 7.97. The summed E-state index contributed by atoms with van der Waals surface area (Å²) in [4.78, 5) is 14.5. The van der Waals surface area contributed by atoms with Crippen molar-refractivity contribution in [1.82, 2.24) is 10.2 Å². The lowest BCUT2D eigenvalue weighted by molar-refractivity contribution is 0.0949. The quantitative estimate of drug-likeness (QED) is 0.902. The molecule has 116 valence electrons. The fraction of sp³-hybridized carbons (Fsp3) is 0.611. The van der Waals surface area contributed by atoms with E-state index in [1.54, 1.807) is 0 Å². The number of hydrogen-bond acceptors (Lipinski definition) is 2. The summed E-state index contributed by atoms with van der Waals surface area (Å²) >= 11 is 0. The van der Waals surface area contributed by atoms with Crippen molar-refractivity contribution in [2.75, 3.05) is 26.7 Å². The summed E-state index contributed by atoms with van der Waals surface area (Å²) in [5.41, 5.74) is 2.04. The van der Waals surface area contributed by atoms with Crippen LogP contribution in [0.1, 0.15) is 54.9 Å². The first-order valence-electron chi connectivity index (χ1n) is 8.13. The van der Waals surface area contributed by atoms with E-state index in [0.717, 1.165) is 24.4 Å². The zero-order valence-corrected chi connectivity index (χ0v) is 13.6. The molecule has 1 heterocycles. The monoisotopic (exact) mass is 288 g/mol. The number of carbonyl (C=O) groups excluding carboxylic acids is 1. The van der Waals surface area contributed by atoms with Crippen molar-refractivity contribution in [3.63, 3.8) is 0 Å². The predicted octanol–water partition coefficient (Wildman–Crippen LogP) is 3.27. The van der Waals surface area contributed by atoms with Crippen molar-refractivity contribution in [3.8, 4) is 0 Å². The second-order valence-corrected chi connectivity index (χ2v) is 6.57. The Balaban J connectivity index is 1.74. The molecule has 0 atom stereocenters. The molecule has 0 bridgehead atoms. The van der Waals surface area contributed by atoms with Gasteiger partial charge >= 0.3 is 0 Å². The van der Waals surface area contributed by atoms with Crippen LogP contribution in [-0.2, 0) is 0 Å². The first kappa shape index (κ1) is 16.0. The summed E-state index contributed by atoms with van der Waals surface area (Å²) in [7, 11) is 2.18. The van der Waals surface area contributed by atoms with Crippen LogP contribution in [0.5, 0.6) is 0 Å².